The van der Waals surface area contributed by atoms with E-state index >= 15 is 0 Å². The summed E-state index contributed by atoms with van der Waals surface area (Å²) in [5, 5.41) is 19.1. The summed E-state index contributed by atoms with van der Waals surface area (Å²) in [5.41, 5.74) is 1.25. The Morgan fingerprint density at radius 3 is 2.56 bits per heavy atom. The summed E-state index contributed by atoms with van der Waals surface area (Å²) in [6.45, 7) is 2.14. The Kier molecular flexibility index (Phi) is 10.3. The molecule has 1 fully saturated rings. The lowest BCUT2D eigenvalue weighted by Crippen LogP contribution is -2.36. The molecule has 3 atom stereocenters. The van der Waals surface area contributed by atoms with E-state index in [9.17, 15) is 23.5 Å². The number of alkyl halides is 2. The first kappa shape index (κ1) is 26.0. The molecule has 1 heterocycles. The number of hydrogen-bond acceptors (Lipinski definition) is 3. The Labute approximate surface area is 189 Å². The number of halogens is 2. The van der Waals surface area contributed by atoms with Gasteiger partial charge in [-0.1, -0.05) is 62.2 Å². The van der Waals surface area contributed by atoms with E-state index in [0.29, 0.717) is 25.7 Å². The predicted molar refractivity (Wildman–Crippen MR) is 119 cm³/mol. The van der Waals surface area contributed by atoms with Gasteiger partial charge in [-0.2, -0.15) is 8.78 Å². The van der Waals surface area contributed by atoms with Crippen LogP contribution in [-0.4, -0.2) is 51.6 Å². The molecule has 5 nitrogen and oxygen atoms in total. The van der Waals surface area contributed by atoms with Crippen LogP contribution >= 0.6 is 0 Å². The van der Waals surface area contributed by atoms with Crippen LogP contribution in [0.3, 0.4) is 0 Å². The lowest BCUT2D eigenvalue weighted by atomic mass is 9.95. The molecule has 0 spiro atoms. The van der Waals surface area contributed by atoms with E-state index in [1.807, 2.05) is 25.1 Å². The number of nitrogens with zero attached hydrogens (tertiary/aromatic N) is 1. The largest absolute Gasteiger partial charge is 0.481 e. The summed E-state index contributed by atoms with van der Waals surface area (Å²) < 4.78 is 28.0. The van der Waals surface area contributed by atoms with Gasteiger partial charge in [0.1, 0.15) is 0 Å². The number of aryl methyl sites for hydroxylation is 1. The van der Waals surface area contributed by atoms with E-state index in [2.05, 4.69) is 12.1 Å². The van der Waals surface area contributed by atoms with Crippen LogP contribution in [-0.2, 0) is 16.0 Å². The maximum Gasteiger partial charge on any atom is 0.327 e. The lowest BCUT2D eigenvalue weighted by Gasteiger charge is -2.22. The van der Waals surface area contributed by atoms with Gasteiger partial charge in [0.15, 0.2) is 0 Å². The number of hydrogen-bond donors (Lipinski definition) is 2. The molecule has 1 unspecified atom stereocenters. The van der Waals surface area contributed by atoms with Crippen LogP contribution in [0.15, 0.2) is 42.5 Å². The number of rotatable bonds is 14. The molecule has 32 heavy (non-hydrogen) atoms. The van der Waals surface area contributed by atoms with Gasteiger partial charge in [-0.05, 0) is 43.6 Å². The molecule has 1 aromatic carbocycles. The molecule has 0 saturated carbocycles. The molecule has 2 N–H and O–H groups in total. The monoisotopic (exact) mass is 451 g/mol. The number of carboxylic acid groups (broad SMARTS) is 1. The number of aliphatic hydroxyl groups excluding tert-OH is 1. The van der Waals surface area contributed by atoms with Crippen LogP contribution < -0.4 is 0 Å². The first-order valence-corrected chi connectivity index (χ1v) is 11.5. The van der Waals surface area contributed by atoms with Crippen molar-refractivity contribution in [3.05, 3.63) is 48.0 Å². The summed E-state index contributed by atoms with van der Waals surface area (Å²) in [7, 11) is 0. The zero-order valence-corrected chi connectivity index (χ0v) is 18.8. The Morgan fingerprint density at radius 1 is 1.19 bits per heavy atom. The van der Waals surface area contributed by atoms with Crippen molar-refractivity contribution in [2.45, 2.75) is 82.8 Å². The third-order valence-corrected chi connectivity index (χ3v) is 6.06. The van der Waals surface area contributed by atoms with E-state index in [4.69, 9.17) is 5.11 Å². The maximum atomic E-state index is 14.0. The van der Waals surface area contributed by atoms with Gasteiger partial charge in [-0.25, -0.2) is 0 Å². The summed E-state index contributed by atoms with van der Waals surface area (Å²) in [5.74, 6) is -5.42. The average molecular weight is 452 g/mol. The van der Waals surface area contributed by atoms with E-state index in [0.717, 1.165) is 19.3 Å². The molecule has 1 aliphatic rings. The third-order valence-electron chi connectivity index (χ3n) is 6.06. The second-order valence-corrected chi connectivity index (χ2v) is 8.76. The predicted octanol–water partition coefficient (Wildman–Crippen LogP) is 4.83. The molecular formula is C25H35F2NO4. The van der Waals surface area contributed by atoms with Crippen molar-refractivity contribution < 1.29 is 28.6 Å². The van der Waals surface area contributed by atoms with Gasteiger partial charge >= 0.3 is 11.9 Å². The molecule has 1 saturated heterocycles. The van der Waals surface area contributed by atoms with Crippen molar-refractivity contribution in [2.24, 2.45) is 5.92 Å². The highest BCUT2D eigenvalue weighted by Gasteiger charge is 2.52. The fourth-order valence-corrected chi connectivity index (χ4v) is 4.05. The fourth-order valence-electron chi connectivity index (χ4n) is 4.05. The smallest absolute Gasteiger partial charge is 0.327 e. The fraction of sp³-hybridized carbons (Fsp3) is 0.600. The molecule has 0 radical (unpaired) electrons. The first-order valence-electron chi connectivity index (χ1n) is 11.5. The maximum absolute atomic E-state index is 14.0. The molecule has 1 amide bonds. The number of amides is 1. The van der Waals surface area contributed by atoms with Crippen LogP contribution in [0.1, 0.15) is 63.9 Å². The highest BCUT2D eigenvalue weighted by atomic mass is 19.3. The van der Waals surface area contributed by atoms with Crippen molar-refractivity contribution in [3.63, 3.8) is 0 Å². The van der Waals surface area contributed by atoms with Gasteiger partial charge < -0.3 is 15.1 Å². The van der Waals surface area contributed by atoms with E-state index < -0.39 is 36.4 Å². The summed E-state index contributed by atoms with van der Waals surface area (Å²) >= 11 is 0. The number of carbonyl (C=O) groups is 2. The highest BCUT2D eigenvalue weighted by Crippen LogP contribution is 2.34. The molecule has 2 rings (SSSR count). The SMILES string of the molecule is C[C@@H](CCCc1ccccc1)[C@H](O)/C=C/C1CC(F)(F)C(=O)N1CCCCCCC(=O)O. The molecule has 0 aliphatic carbocycles. The zero-order valence-electron chi connectivity index (χ0n) is 18.8. The second-order valence-electron chi connectivity index (χ2n) is 8.76. The number of aliphatic hydroxyl groups is 1. The molecule has 7 heteroatoms. The number of carboxylic acids is 1. The van der Waals surface area contributed by atoms with Crippen molar-refractivity contribution in [2.75, 3.05) is 6.54 Å². The van der Waals surface area contributed by atoms with Gasteiger partial charge in [-0.3, -0.25) is 9.59 Å². The minimum Gasteiger partial charge on any atom is -0.481 e. The van der Waals surface area contributed by atoms with Crippen molar-refractivity contribution in [3.8, 4) is 0 Å². The van der Waals surface area contributed by atoms with E-state index in [1.165, 1.54) is 10.5 Å². The highest BCUT2D eigenvalue weighted by molar-refractivity contribution is 5.86. The Bertz CT molecular complexity index is 754. The topological polar surface area (TPSA) is 77.8 Å². The zero-order chi connectivity index (χ0) is 23.6. The lowest BCUT2D eigenvalue weighted by molar-refractivity contribution is -0.148. The first-order chi connectivity index (χ1) is 15.2. The van der Waals surface area contributed by atoms with Crippen molar-refractivity contribution >= 4 is 11.9 Å². The van der Waals surface area contributed by atoms with Crippen LogP contribution in [0.5, 0.6) is 0 Å². The molecule has 0 bridgehead atoms. The third kappa shape index (κ3) is 8.34. The Morgan fingerprint density at radius 2 is 1.88 bits per heavy atom. The molecule has 178 valence electrons. The molecule has 0 aromatic heterocycles. The standard InChI is InChI=1S/C25H35F2NO4/c1-19(10-9-13-20-11-5-4-6-12-20)22(29)16-15-21-18-25(26,27)24(32)28(21)17-8-3-2-7-14-23(30)31/h4-6,11-12,15-16,19,21-22,29H,2-3,7-10,13-14,17-18H2,1H3,(H,30,31)/b16-15+/t19-,21?,22+/m0/s1. The molecular weight excluding hydrogens is 416 g/mol. The Balaban J connectivity index is 1.81. The van der Waals surface area contributed by atoms with E-state index in [-0.39, 0.29) is 18.9 Å². The summed E-state index contributed by atoms with van der Waals surface area (Å²) in [6, 6.07) is 9.37. The minimum absolute atomic E-state index is 0.0183. The van der Waals surface area contributed by atoms with Gasteiger partial charge in [-0.15, -0.1) is 0 Å². The van der Waals surface area contributed by atoms with Gasteiger partial charge in [0.25, 0.3) is 5.91 Å². The van der Waals surface area contributed by atoms with Crippen LogP contribution in [0.2, 0.25) is 0 Å². The Hall–Kier alpha value is -2.28. The van der Waals surface area contributed by atoms with Crippen LogP contribution in [0.25, 0.3) is 0 Å². The molecule has 1 aromatic rings. The molecule has 1 aliphatic heterocycles. The quantitative estimate of drug-likeness (QED) is 0.314. The van der Waals surface area contributed by atoms with Crippen LogP contribution in [0, 0.1) is 5.92 Å². The minimum atomic E-state index is -3.38. The number of unbranched alkanes of at least 4 members (excludes halogenated alkanes) is 3. The summed E-state index contributed by atoms with van der Waals surface area (Å²) in [6.07, 6.45) is 6.95. The second kappa shape index (κ2) is 12.7. The van der Waals surface area contributed by atoms with E-state index in [1.54, 1.807) is 12.2 Å². The van der Waals surface area contributed by atoms with Gasteiger partial charge in [0.2, 0.25) is 0 Å². The number of benzene rings is 1. The summed E-state index contributed by atoms with van der Waals surface area (Å²) in [4.78, 5) is 23.8. The van der Waals surface area contributed by atoms with Gasteiger partial charge in [0, 0.05) is 19.4 Å². The van der Waals surface area contributed by atoms with Gasteiger partial charge in [0.05, 0.1) is 12.1 Å². The van der Waals surface area contributed by atoms with Crippen molar-refractivity contribution in [1.82, 2.24) is 4.90 Å². The van der Waals surface area contributed by atoms with Crippen LogP contribution in [0.4, 0.5) is 8.78 Å². The number of carbonyl (C=O) groups excluding carboxylic acids is 1. The van der Waals surface area contributed by atoms with Crippen molar-refractivity contribution in [1.29, 1.82) is 0 Å². The average Bonchev–Trinajstić information content (AvgIpc) is 2.97. The number of likely N-dealkylation sites (tertiary alicyclic amines) is 1. The normalized spacial score (nSPS) is 20.1. The number of aliphatic carboxylic acids is 1.